The van der Waals surface area contributed by atoms with Crippen LogP contribution in [0.5, 0.6) is 0 Å². The van der Waals surface area contributed by atoms with Gasteiger partial charge in [-0.3, -0.25) is 14.3 Å². The molecule has 2 aromatic heterocycles. The van der Waals surface area contributed by atoms with Gasteiger partial charge in [0.15, 0.2) is 0 Å². The molecule has 0 unspecified atom stereocenters. The summed E-state index contributed by atoms with van der Waals surface area (Å²) >= 11 is 0. The molecule has 0 saturated carbocycles. The van der Waals surface area contributed by atoms with Gasteiger partial charge in [0.05, 0.1) is 11.7 Å². The van der Waals surface area contributed by atoms with Gasteiger partial charge in [-0.25, -0.2) is 4.98 Å². The lowest BCUT2D eigenvalue weighted by Gasteiger charge is -2.28. The second-order valence-electron chi connectivity index (χ2n) is 8.82. The van der Waals surface area contributed by atoms with E-state index in [-0.39, 0.29) is 23.9 Å². The van der Waals surface area contributed by atoms with Crippen molar-refractivity contribution in [1.82, 2.24) is 29.1 Å². The number of aryl methyl sites for hydroxylation is 1. The molecule has 0 N–H and O–H groups in total. The second kappa shape index (κ2) is 8.26. The van der Waals surface area contributed by atoms with Gasteiger partial charge in [0.25, 0.3) is 5.91 Å². The van der Waals surface area contributed by atoms with E-state index in [1.54, 1.807) is 29.9 Å². The van der Waals surface area contributed by atoms with E-state index in [1.165, 1.54) is 0 Å². The summed E-state index contributed by atoms with van der Waals surface area (Å²) in [5.41, 5.74) is 2.44. The van der Waals surface area contributed by atoms with E-state index < -0.39 is 0 Å². The Labute approximate surface area is 187 Å². The van der Waals surface area contributed by atoms with Gasteiger partial charge in [0, 0.05) is 64.0 Å². The Morgan fingerprint density at radius 1 is 1.09 bits per heavy atom. The van der Waals surface area contributed by atoms with Crippen LogP contribution in [0.2, 0.25) is 0 Å². The molecule has 2 bridgehead atoms. The van der Waals surface area contributed by atoms with Crippen LogP contribution < -0.4 is 0 Å². The summed E-state index contributed by atoms with van der Waals surface area (Å²) in [4.78, 5) is 34.7. The van der Waals surface area contributed by atoms with Crippen LogP contribution in [0.25, 0.3) is 11.4 Å². The summed E-state index contributed by atoms with van der Waals surface area (Å²) in [6.45, 7) is 1.24. The molecule has 2 amide bonds. The van der Waals surface area contributed by atoms with Crippen LogP contribution in [0.15, 0.2) is 48.8 Å². The first-order valence-electron chi connectivity index (χ1n) is 11.2. The average Bonchev–Trinajstić information content (AvgIpc) is 3.50. The monoisotopic (exact) mass is 432 g/mol. The van der Waals surface area contributed by atoms with E-state index in [0.717, 1.165) is 29.9 Å². The van der Waals surface area contributed by atoms with E-state index in [4.69, 9.17) is 4.98 Å². The summed E-state index contributed by atoms with van der Waals surface area (Å²) in [6.07, 6.45) is 6.62. The summed E-state index contributed by atoms with van der Waals surface area (Å²) in [6, 6.07) is 12.1. The molecule has 1 aromatic carbocycles. The van der Waals surface area contributed by atoms with Crippen molar-refractivity contribution >= 4 is 11.8 Å². The highest BCUT2D eigenvalue weighted by Crippen LogP contribution is 2.36. The summed E-state index contributed by atoms with van der Waals surface area (Å²) < 4.78 is 3.98. The molecule has 32 heavy (non-hydrogen) atoms. The van der Waals surface area contributed by atoms with Crippen LogP contribution in [0.3, 0.4) is 0 Å². The number of rotatable bonds is 5. The molecular formula is C24H28N6O2. The maximum atomic E-state index is 13.2. The fourth-order valence-electron chi connectivity index (χ4n) is 5.03. The second-order valence-corrected chi connectivity index (χ2v) is 8.82. The lowest BCUT2D eigenvalue weighted by atomic mass is 10.0. The normalized spacial score (nSPS) is 19.5. The highest BCUT2D eigenvalue weighted by Gasteiger charge is 2.42. The average molecular weight is 433 g/mol. The van der Waals surface area contributed by atoms with E-state index in [2.05, 4.69) is 14.6 Å². The van der Waals surface area contributed by atoms with Crippen LogP contribution in [0.1, 0.15) is 35.4 Å². The van der Waals surface area contributed by atoms with Gasteiger partial charge >= 0.3 is 0 Å². The SMILES string of the molecule is CN(C)C(=O)c1nc(-c2ccccc2)n2c1C[C@@H]1CC[C@H](C2)N1C(=O)CCn1cccn1. The van der Waals surface area contributed by atoms with Crippen molar-refractivity contribution in [2.45, 2.75) is 50.9 Å². The van der Waals surface area contributed by atoms with Gasteiger partial charge < -0.3 is 14.4 Å². The fourth-order valence-corrected chi connectivity index (χ4v) is 5.03. The quantitative estimate of drug-likeness (QED) is 0.621. The number of aromatic nitrogens is 4. The molecule has 8 nitrogen and oxygen atoms in total. The van der Waals surface area contributed by atoms with Gasteiger partial charge in [-0.05, 0) is 18.9 Å². The first kappa shape index (κ1) is 20.5. The Bertz CT molecular complexity index is 1120. The van der Waals surface area contributed by atoms with Crippen molar-refractivity contribution in [3.05, 3.63) is 60.2 Å². The summed E-state index contributed by atoms with van der Waals surface area (Å²) in [5, 5.41) is 4.21. The molecule has 8 heteroatoms. The highest BCUT2D eigenvalue weighted by molar-refractivity contribution is 5.94. The van der Waals surface area contributed by atoms with E-state index >= 15 is 0 Å². The Kier molecular flexibility index (Phi) is 5.28. The van der Waals surface area contributed by atoms with Crippen LogP contribution in [-0.2, 0) is 24.3 Å². The molecular weight excluding hydrogens is 404 g/mol. The molecule has 166 valence electrons. The van der Waals surface area contributed by atoms with Gasteiger partial charge in [0.2, 0.25) is 5.91 Å². The fraction of sp³-hybridized carbons (Fsp3) is 0.417. The molecule has 4 heterocycles. The minimum atomic E-state index is -0.0923. The molecule has 1 saturated heterocycles. The van der Waals surface area contributed by atoms with E-state index in [1.807, 2.05) is 42.6 Å². The number of imidazole rings is 1. The first-order chi connectivity index (χ1) is 15.5. The predicted octanol–water partition coefficient (Wildman–Crippen LogP) is 2.45. The van der Waals surface area contributed by atoms with Gasteiger partial charge in [0.1, 0.15) is 11.5 Å². The van der Waals surface area contributed by atoms with Crippen LogP contribution in [0, 0.1) is 0 Å². The van der Waals surface area contributed by atoms with Crippen LogP contribution >= 0.6 is 0 Å². The van der Waals surface area contributed by atoms with Crippen LogP contribution in [-0.4, -0.2) is 67.1 Å². The third-order valence-electron chi connectivity index (χ3n) is 6.56. The standard InChI is InChI=1S/C24H28N6O2/c1-27(2)24(32)22-20-15-18-9-10-19(30(18)21(31)11-14-28-13-6-12-25-28)16-29(20)23(26-22)17-7-4-3-5-8-17/h3-8,12-13,18-19H,9-11,14-16H2,1-2H3/t18-,19+/m0/s1. The number of carbonyl (C=O) groups excluding carboxylic acids is 2. The number of nitrogens with zero attached hydrogens (tertiary/aromatic N) is 6. The topological polar surface area (TPSA) is 76.3 Å². The minimum absolute atomic E-state index is 0.0923. The molecule has 0 radical (unpaired) electrons. The number of fused-ring (bicyclic) bond motifs is 3. The molecule has 2 atom stereocenters. The van der Waals surface area contributed by atoms with Gasteiger partial charge in [-0.15, -0.1) is 0 Å². The zero-order chi connectivity index (χ0) is 22.2. The molecule has 0 spiro atoms. The summed E-state index contributed by atoms with van der Waals surface area (Å²) in [5.74, 6) is 0.876. The van der Waals surface area contributed by atoms with E-state index in [9.17, 15) is 9.59 Å². The molecule has 1 fully saturated rings. The number of carbonyl (C=O) groups is 2. The van der Waals surface area contributed by atoms with Crippen molar-refractivity contribution in [3.63, 3.8) is 0 Å². The van der Waals surface area contributed by atoms with Crippen molar-refractivity contribution < 1.29 is 9.59 Å². The number of hydrogen-bond acceptors (Lipinski definition) is 4. The van der Waals surface area contributed by atoms with Crippen molar-refractivity contribution in [3.8, 4) is 11.4 Å². The Hall–Kier alpha value is -3.42. The number of hydrogen-bond donors (Lipinski definition) is 0. The highest BCUT2D eigenvalue weighted by atomic mass is 16.2. The lowest BCUT2D eigenvalue weighted by Crippen LogP contribution is -2.42. The van der Waals surface area contributed by atoms with Gasteiger partial charge in [-0.1, -0.05) is 30.3 Å². The van der Waals surface area contributed by atoms with E-state index in [0.29, 0.717) is 31.6 Å². The maximum Gasteiger partial charge on any atom is 0.273 e. The molecule has 5 rings (SSSR count). The molecule has 2 aliphatic rings. The number of benzene rings is 1. The molecule has 3 aromatic rings. The largest absolute Gasteiger partial charge is 0.343 e. The minimum Gasteiger partial charge on any atom is -0.343 e. The predicted molar refractivity (Wildman–Crippen MR) is 120 cm³/mol. The Balaban J connectivity index is 1.48. The zero-order valence-electron chi connectivity index (χ0n) is 18.5. The van der Waals surface area contributed by atoms with Gasteiger partial charge in [-0.2, -0.15) is 5.10 Å². The maximum absolute atomic E-state index is 13.2. The first-order valence-corrected chi connectivity index (χ1v) is 11.2. The third kappa shape index (κ3) is 3.59. The van der Waals surface area contributed by atoms with Crippen LogP contribution in [0.4, 0.5) is 0 Å². The summed E-state index contributed by atoms with van der Waals surface area (Å²) in [7, 11) is 3.51. The Morgan fingerprint density at radius 2 is 1.88 bits per heavy atom. The van der Waals surface area contributed by atoms with Crippen molar-refractivity contribution in [2.75, 3.05) is 14.1 Å². The third-order valence-corrected chi connectivity index (χ3v) is 6.56. The van der Waals surface area contributed by atoms with Crippen molar-refractivity contribution in [2.24, 2.45) is 0 Å². The molecule has 0 aliphatic carbocycles. The smallest absolute Gasteiger partial charge is 0.273 e. The van der Waals surface area contributed by atoms with Crippen molar-refractivity contribution in [1.29, 1.82) is 0 Å². The lowest BCUT2D eigenvalue weighted by molar-refractivity contribution is -0.134. The molecule has 2 aliphatic heterocycles. The Morgan fingerprint density at radius 3 is 2.59 bits per heavy atom. The number of amides is 2. The zero-order valence-corrected chi connectivity index (χ0v) is 18.5.